The van der Waals surface area contributed by atoms with Gasteiger partial charge in [-0.25, -0.2) is 9.97 Å². The van der Waals surface area contributed by atoms with Gasteiger partial charge < -0.3 is 49.7 Å². The summed E-state index contributed by atoms with van der Waals surface area (Å²) in [6.07, 6.45) is -5.32. The van der Waals surface area contributed by atoms with Gasteiger partial charge in [-0.05, 0) is 0 Å². The van der Waals surface area contributed by atoms with Gasteiger partial charge in [0.2, 0.25) is 11.9 Å². The van der Waals surface area contributed by atoms with Crippen molar-refractivity contribution in [3.8, 4) is 0 Å². The Hall–Kier alpha value is -5.43. The fourth-order valence-electron chi connectivity index (χ4n) is 5.86. The van der Waals surface area contributed by atoms with Crippen LogP contribution in [0.25, 0.3) is 10.3 Å². The normalized spacial score (nSPS) is 25.4. The molecule has 6 rings (SSSR count). The molecule has 3 aliphatic heterocycles. The van der Waals surface area contributed by atoms with E-state index in [9.17, 15) is 33.9 Å². The largest absolute Gasteiger partial charge is 0.463 e. The summed E-state index contributed by atoms with van der Waals surface area (Å²) in [6.45, 7) is 9.30. The van der Waals surface area contributed by atoms with Crippen LogP contribution in [-0.4, -0.2) is 116 Å². The van der Waals surface area contributed by atoms with E-state index in [2.05, 4.69) is 26.5 Å². The fraction of sp³-hybridized carbons (Fsp3) is 0.484. The monoisotopic (exact) mass is 808 g/mol. The van der Waals surface area contributed by atoms with E-state index in [1.54, 1.807) is 11.1 Å². The van der Waals surface area contributed by atoms with Gasteiger partial charge in [-0.15, -0.1) is 0 Å². The number of aliphatic hydroxyl groups is 1. The number of aliphatic hydroxyl groups excluding tert-OH is 1. The first-order valence-corrected chi connectivity index (χ1v) is 17.8. The molecule has 8 atom stereocenters. The Labute approximate surface area is 319 Å². The predicted octanol–water partition coefficient (Wildman–Crippen LogP) is -0.218. The third kappa shape index (κ3) is 9.10. The Morgan fingerprint density at radius 1 is 0.800 bits per heavy atom. The van der Waals surface area contributed by atoms with Crippen molar-refractivity contribution < 1.29 is 62.2 Å². The van der Waals surface area contributed by atoms with Gasteiger partial charge in [0, 0.05) is 40.8 Å². The zero-order valence-electron chi connectivity index (χ0n) is 29.8. The molecule has 3 aromatic heterocycles. The number of fused-ring (bicyclic) bond motifs is 2. The number of nitrogens with zero attached hydrogens (tertiary/aromatic N) is 6. The van der Waals surface area contributed by atoms with E-state index in [-0.39, 0.29) is 24.2 Å². The van der Waals surface area contributed by atoms with E-state index in [0.29, 0.717) is 20.4 Å². The number of carbonyl (C=O) groups is 5. The summed E-state index contributed by atoms with van der Waals surface area (Å²) in [4.78, 5) is 87.9. The molecule has 296 valence electrons. The summed E-state index contributed by atoms with van der Waals surface area (Å²) in [5.74, 6) is -2.65. The van der Waals surface area contributed by atoms with Gasteiger partial charge >= 0.3 is 34.7 Å². The van der Waals surface area contributed by atoms with Crippen molar-refractivity contribution >= 4 is 81.0 Å². The molecule has 55 heavy (non-hydrogen) atoms. The molecule has 6 heterocycles. The number of thiazole rings is 1. The quantitative estimate of drug-likeness (QED) is 0.186. The van der Waals surface area contributed by atoms with Gasteiger partial charge in [-0.3, -0.25) is 38.2 Å². The first-order valence-electron chi connectivity index (χ1n) is 16.1. The highest BCUT2D eigenvalue weighted by Gasteiger charge is 2.54. The van der Waals surface area contributed by atoms with Crippen LogP contribution in [0.2, 0.25) is 0 Å². The summed E-state index contributed by atoms with van der Waals surface area (Å²) < 4.78 is 39.5. The average Bonchev–Trinajstić information content (AvgIpc) is 3.79. The van der Waals surface area contributed by atoms with E-state index < -0.39 is 90.4 Å². The second-order valence-corrected chi connectivity index (χ2v) is 14.0. The van der Waals surface area contributed by atoms with Gasteiger partial charge in [0.05, 0.1) is 27.4 Å². The van der Waals surface area contributed by atoms with Crippen LogP contribution in [0.1, 0.15) is 40.8 Å². The van der Waals surface area contributed by atoms with Crippen LogP contribution in [0.4, 0.5) is 17.7 Å². The van der Waals surface area contributed by atoms with E-state index >= 15 is 0 Å². The fourth-order valence-corrected chi connectivity index (χ4v) is 7.57. The number of rotatable bonds is 9. The first-order chi connectivity index (χ1) is 26.0. The molecular formula is C31H36N8O14S2. The minimum absolute atomic E-state index is 0.0408. The molecule has 22 nitrogen and oxygen atoms in total. The van der Waals surface area contributed by atoms with Gasteiger partial charge in [0.1, 0.15) is 18.8 Å². The van der Waals surface area contributed by atoms with E-state index in [1.807, 2.05) is 0 Å². The van der Waals surface area contributed by atoms with Gasteiger partial charge in [-0.2, -0.15) is 9.97 Å². The van der Waals surface area contributed by atoms with Crippen molar-refractivity contribution in [3.63, 3.8) is 0 Å². The molecule has 2 saturated heterocycles. The van der Waals surface area contributed by atoms with E-state index in [4.69, 9.17) is 44.6 Å². The summed E-state index contributed by atoms with van der Waals surface area (Å²) in [5.41, 5.74) is 11.5. The lowest BCUT2D eigenvalue weighted by atomic mass is 10.1. The molecule has 24 heteroatoms. The summed E-state index contributed by atoms with van der Waals surface area (Å²) in [5, 5.41) is 10.1. The lowest BCUT2D eigenvalue weighted by Gasteiger charge is -2.30. The maximum Gasteiger partial charge on any atom is 0.311 e. The Balaban J connectivity index is 0.000000212. The molecule has 3 aromatic rings. The van der Waals surface area contributed by atoms with Crippen molar-refractivity contribution in [1.29, 1.82) is 0 Å². The maximum atomic E-state index is 12.5. The van der Waals surface area contributed by atoms with Crippen molar-refractivity contribution in [3.05, 3.63) is 33.7 Å². The molecule has 0 bridgehead atoms. The maximum absolute atomic E-state index is 12.5. The number of ether oxygens (including phenoxy) is 7. The topological polar surface area (TPSA) is 299 Å². The van der Waals surface area contributed by atoms with Crippen LogP contribution >= 0.6 is 23.1 Å². The Morgan fingerprint density at radius 3 is 1.91 bits per heavy atom. The summed E-state index contributed by atoms with van der Waals surface area (Å²) in [7, 11) is 0. The highest BCUT2D eigenvalue weighted by Crippen LogP contribution is 2.47. The number of anilines is 3. The molecule has 0 aromatic carbocycles. The number of aromatic nitrogens is 5. The Bertz CT molecular complexity index is 2060. The average molecular weight is 809 g/mol. The minimum Gasteiger partial charge on any atom is -0.463 e. The van der Waals surface area contributed by atoms with E-state index in [1.165, 1.54) is 52.6 Å². The number of hydrogen-bond acceptors (Lipinski definition) is 23. The molecule has 0 spiro atoms. The third-order valence-corrected chi connectivity index (χ3v) is 9.60. The number of esters is 5. The highest BCUT2D eigenvalue weighted by molar-refractivity contribution is 8.03. The summed E-state index contributed by atoms with van der Waals surface area (Å²) >= 11 is 2.14. The Kier molecular flexibility index (Phi) is 12.5. The minimum atomic E-state index is -1.16. The van der Waals surface area contributed by atoms with Crippen LogP contribution in [0.3, 0.4) is 0 Å². The van der Waals surface area contributed by atoms with Crippen molar-refractivity contribution in [2.75, 3.05) is 29.6 Å². The van der Waals surface area contributed by atoms with E-state index in [0.717, 1.165) is 15.9 Å². The molecule has 0 unspecified atom stereocenters. The molecule has 0 saturated carbocycles. The number of nitrogens with two attached hydrogens (primary N) is 2. The lowest BCUT2D eigenvalue weighted by molar-refractivity contribution is -0.165. The van der Waals surface area contributed by atoms with Crippen LogP contribution in [0.15, 0.2) is 33.7 Å². The lowest BCUT2D eigenvalue weighted by Crippen LogP contribution is -2.46. The van der Waals surface area contributed by atoms with Crippen molar-refractivity contribution in [2.45, 2.75) is 88.6 Å². The molecule has 2 fully saturated rings. The second-order valence-electron chi connectivity index (χ2n) is 11.8. The van der Waals surface area contributed by atoms with Crippen molar-refractivity contribution in [1.82, 2.24) is 24.5 Å². The Morgan fingerprint density at radius 2 is 1.33 bits per heavy atom. The van der Waals surface area contributed by atoms with Crippen LogP contribution < -0.4 is 21.2 Å². The van der Waals surface area contributed by atoms with Crippen LogP contribution in [0.5, 0.6) is 0 Å². The molecule has 0 amide bonds. The SMILES string of the molecule is C=C1Sc2cnc(N)nc2N1[C@@H]1O[C@H](COC(C)=O)[C@@H](OC(C)=O)[C@H]1OC(C)=O.CC(=O)O[C@@H]1[C@H](OC(C)=O)[C@@H](CO)O[C@H]1n1c(=O)sc2cnc(N)nc21. The van der Waals surface area contributed by atoms with Gasteiger partial charge in [0.25, 0.3) is 0 Å². The van der Waals surface area contributed by atoms with Gasteiger partial charge in [0.15, 0.2) is 48.3 Å². The predicted molar refractivity (Wildman–Crippen MR) is 189 cm³/mol. The smallest absolute Gasteiger partial charge is 0.311 e. The first kappa shape index (κ1) is 40.7. The zero-order chi connectivity index (χ0) is 40.3. The molecule has 5 N–H and O–H groups in total. The molecule has 0 aliphatic carbocycles. The molecule has 0 radical (unpaired) electrons. The highest BCUT2D eigenvalue weighted by atomic mass is 32.2. The number of hydrogen-bond donors (Lipinski definition) is 3. The molecular weight excluding hydrogens is 773 g/mol. The second kappa shape index (κ2) is 16.9. The third-order valence-electron chi connectivity index (χ3n) is 7.78. The number of thioether (sulfide) groups is 1. The number of carbonyl (C=O) groups excluding carboxylic acids is 5. The van der Waals surface area contributed by atoms with Crippen molar-refractivity contribution in [2.24, 2.45) is 0 Å². The summed E-state index contributed by atoms with van der Waals surface area (Å²) in [6, 6.07) is 0. The zero-order valence-corrected chi connectivity index (χ0v) is 31.4. The van der Waals surface area contributed by atoms with Crippen LogP contribution in [-0.2, 0) is 57.1 Å². The molecule has 3 aliphatic rings. The van der Waals surface area contributed by atoms with Gasteiger partial charge in [-0.1, -0.05) is 29.7 Å². The van der Waals surface area contributed by atoms with Crippen LogP contribution in [0, 0.1) is 0 Å². The number of nitrogen functional groups attached to an aromatic ring is 2. The standard InChI is InChI=1S/C17H20N4O7S.C14H16N4O7S/c1-7-21(15-12(29-7)5-19-17(18)20-15)16-14(27-10(4)24)13(26-9(3)23)11(28-16)6-25-8(2)22;1-5(20)23-9-7(4-19)25-12(10(9)24-6(2)21)18-11-8(26-14(18)22)3-16-13(15)17-11/h5,11,13-14,16H,1,6H2,2-4H3,(H2,18,19,20);3,7,9-10,12,19H,4H2,1-2H3,(H2,15,16,17)/t11-,13-,14-,16-;7-,9-,10-,12-/m11/s1.